The van der Waals surface area contributed by atoms with Crippen LogP contribution >= 0.6 is 0 Å². The number of carbonyl (C=O) groups is 1. The molecule has 1 aliphatic heterocycles. The largest absolute Gasteiger partial charge is 0.378 e. The minimum atomic E-state index is -0.167. The van der Waals surface area contributed by atoms with Crippen LogP contribution < -0.4 is 15.5 Å². The monoisotopic (exact) mass is 374 g/mol. The summed E-state index contributed by atoms with van der Waals surface area (Å²) in [6.45, 7) is 3.35. The zero-order valence-corrected chi connectivity index (χ0v) is 15.5. The smallest absolute Gasteiger partial charge is 0.255 e. The number of benzene rings is 2. The molecule has 1 aliphatic rings. The van der Waals surface area contributed by atoms with Crippen molar-refractivity contribution in [2.24, 2.45) is 0 Å². The third kappa shape index (κ3) is 4.47. The predicted molar refractivity (Wildman–Crippen MR) is 111 cm³/mol. The number of carbonyl (C=O) groups excluding carboxylic acids is 1. The molecule has 0 radical (unpaired) electrons. The van der Waals surface area contributed by atoms with Crippen LogP contribution in [0.3, 0.4) is 0 Å². The van der Waals surface area contributed by atoms with Crippen molar-refractivity contribution in [1.29, 1.82) is 0 Å². The lowest BCUT2D eigenvalue weighted by Gasteiger charge is -2.28. The van der Waals surface area contributed by atoms with Gasteiger partial charge in [0.15, 0.2) is 0 Å². The Bertz CT molecular complexity index is 923. The van der Waals surface area contributed by atoms with E-state index in [2.05, 4.69) is 32.7 Å². The average Bonchev–Trinajstić information content (AvgIpc) is 2.76. The molecule has 4 rings (SSSR count). The Labute approximate surface area is 164 Å². The van der Waals surface area contributed by atoms with Gasteiger partial charge in [-0.2, -0.15) is 0 Å². The normalized spacial score (nSPS) is 13.8. The van der Waals surface area contributed by atoms with Crippen LogP contribution in [0, 0.1) is 0 Å². The van der Waals surface area contributed by atoms with Crippen molar-refractivity contribution >= 4 is 28.8 Å². The summed E-state index contributed by atoms with van der Waals surface area (Å²) < 4.78 is 5.40. The molecule has 6 heteroatoms. The van der Waals surface area contributed by atoms with Crippen LogP contribution in [0.5, 0.6) is 0 Å². The Morgan fingerprint density at radius 2 is 1.68 bits per heavy atom. The van der Waals surface area contributed by atoms with Crippen molar-refractivity contribution in [3.63, 3.8) is 0 Å². The van der Waals surface area contributed by atoms with Gasteiger partial charge in [-0.3, -0.25) is 4.79 Å². The molecule has 28 heavy (non-hydrogen) atoms. The molecule has 0 unspecified atom stereocenters. The summed E-state index contributed by atoms with van der Waals surface area (Å²) in [6.07, 6.45) is 1.63. The number of amides is 1. The number of rotatable bonds is 5. The number of ether oxygens (including phenoxy) is 1. The van der Waals surface area contributed by atoms with Crippen molar-refractivity contribution in [3.8, 4) is 0 Å². The molecule has 6 nitrogen and oxygen atoms in total. The van der Waals surface area contributed by atoms with Crippen LogP contribution in [0.1, 0.15) is 10.4 Å². The van der Waals surface area contributed by atoms with Crippen LogP contribution in [-0.4, -0.2) is 37.2 Å². The molecule has 0 saturated carbocycles. The van der Waals surface area contributed by atoms with Crippen molar-refractivity contribution in [3.05, 3.63) is 78.5 Å². The molecule has 0 bridgehead atoms. The molecule has 1 fully saturated rings. The molecule has 0 aliphatic carbocycles. The third-order valence-corrected chi connectivity index (χ3v) is 4.57. The predicted octanol–water partition coefficient (Wildman–Crippen LogP) is 3.91. The highest BCUT2D eigenvalue weighted by molar-refractivity contribution is 6.04. The molecule has 1 saturated heterocycles. The Morgan fingerprint density at radius 3 is 2.43 bits per heavy atom. The first-order valence-electron chi connectivity index (χ1n) is 9.30. The third-order valence-electron chi connectivity index (χ3n) is 4.57. The van der Waals surface area contributed by atoms with Gasteiger partial charge in [-0.05, 0) is 48.5 Å². The van der Waals surface area contributed by atoms with Gasteiger partial charge in [-0.1, -0.05) is 18.2 Å². The zero-order chi connectivity index (χ0) is 19.2. The number of nitrogens with zero attached hydrogens (tertiary/aromatic N) is 2. The van der Waals surface area contributed by atoms with Gasteiger partial charge in [0.1, 0.15) is 5.82 Å². The topological polar surface area (TPSA) is 66.5 Å². The first-order valence-corrected chi connectivity index (χ1v) is 9.30. The summed E-state index contributed by atoms with van der Waals surface area (Å²) >= 11 is 0. The minimum absolute atomic E-state index is 0.167. The minimum Gasteiger partial charge on any atom is -0.378 e. The average molecular weight is 374 g/mol. The highest BCUT2D eigenvalue weighted by Gasteiger charge is 2.11. The van der Waals surface area contributed by atoms with Crippen molar-refractivity contribution in [2.75, 3.05) is 41.8 Å². The Hall–Kier alpha value is -3.38. The number of nitrogens with one attached hydrogen (secondary N) is 2. The first-order chi connectivity index (χ1) is 13.8. The van der Waals surface area contributed by atoms with Crippen LogP contribution in [-0.2, 0) is 4.74 Å². The fraction of sp³-hybridized carbons (Fsp3) is 0.182. The number of anilines is 4. The highest BCUT2D eigenvalue weighted by Crippen LogP contribution is 2.21. The first kappa shape index (κ1) is 18.0. The van der Waals surface area contributed by atoms with Gasteiger partial charge in [-0.15, -0.1) is 0 Å². The van der Waals surface area contributed by atoms with Crippen LogP contribution in [0.15, 0.2) is 72.9 Å². The summed E-state index contributed by atoms with van der Waals surface area (Å²) in [5.74, 6) is 0.458. The number of pyridine rings is 1. The summed E-state index contributed by atoms with van der Waals surface area (Å²) in [5, 5.41) is 6.14. The van der Waals surface area contributed by atoms with Crippen molar-refractivity contribution < 1.29 is 9.53 Å². The quantitative estimate of drug-likeness (QED) is 0.709. The summed E-state index contributed by atoms with van der Waals surface area (Å²) in [7, 11) is 0. The van der Waals surface area contributed by atoms with Gasteiger partial charge in [0.25, 0.3) is 5.91 Å². The Morgan fingerprint density at radius 1 is 0.929 bits per heavy atom. The van der Waals surface area contributed by atoms with Gasteiger partial charge in [0.2, 0.25) is 0 Å². The van der Waals surface area contributed by atoms with Gasteiger partial charge in [0.05, 0.1) is 13.2 Å². The van der Waals surface area contributed by atoms with E-state index < -0.39 is 0 Å². The molecule has 0 spiro atoms. The lowest BCUT2D eigenvalue weighted by Crippen LogP contribution is -2.36. The van der Waals surface area contributed by atoms with Crippen molar-refractivity contribution in [1.82, 2.24) is 4.98 Å². The second kappa shape index (κ2) is 8.54. The molecular formula is C22H22N4O2. The maximum Gasteiger partial charge on any atom is 0.255 e. The maximum absolute atomic E-state index is 12.5. The lowest BCUT2D eigenvalue weighted by atomic mass is 10.2. The summed E-state index contributed by atoms with van der Waals surface area (Å²) in [4.78, 5) is 19.1. The Balaban J connectivity index is 1.42. The van der Waals surface area contributed by atoms with E-state index in [1.165, 1.54) is 5.69 Å². The molecule has 1 amide bonds. The standard InChI is InChI=1S/C22H22N4O2/c27-22(25-18-4-2-1-3-5-18)17-10-11-23-21(16-17)24-19-6-8-20(9-7-19)26-12-14-28-15-13-26/h1-11,16H,12-15H2,(H,23,24)(H,25,27). The number of aromatic nitrogens is 1. The van der Waals surface area contributed by atoms with E-state index >= 15 is 0 Å². The van der Waals surface area contributed by atoms with Crippen LogP contribution in [0.2, 0.25) is 0 Å². The fourth-order valence-corrected chi connectivity index (χ4v) is 3.09. The molecule has 3 aromatic rings. The van der Waals surface area contributed by atoms with Gasteiger partial charge >= 0.3 is 0 Å². The number of para-hydroxylation sites is 1. The second-order valence-corrected chi connectivity index (χ2v) is 6.52. The molecule has 1 aromatic heterocycles. The lowest BCUT2D eigenvalue weighted by molar-refractivity contribution is 0.102. The molecule has 142 valence electrons. The van der Waals surface area contributed by atoms with E-state index in [9.17, 15) is 4.79 Å². The van der Waals surface area contributed by atoms with Crippen molar-refractivity contribution in [2.45, 2.75) is 0 Å². The summed E-state index contributed by atoms with van der Waals surface area (Å²) in [6, 6.07) is 21.0. The van der Waals surface area contributed by atoms with Crippen LogP contribution in [0.4, 0.5) is 22.9 Å². The molecule has 2 aromatic carbocycles. The van der Waals surface area contributed by atoms with E-state index in [0.717, 1.165) is 37.7 Å². The molecule has 2 heterocycles. The molecule has 0 atom stereocenters. The van der Waals surface area contributed by atoms with Crippen LogP contribution in [0.25, 0.3) is 0 Å². The van der Waals surface area contributed by atoms with E-state index in [1.54, 1.807) is 18.3 Å². The van der Waals surface area contributed by atoms with E-state index in [4.69, 9.17) is 4.74 Å². The number of hydrogen-bond donors (Lipinski definition) is 2. The molecular weight excluding hydrogens is 352 g/mol. The fourth-order valence-electron chi connectivity index (χ4n) is 3.09. The summed E-state index contributed by atoms with van der Waals surface area (Å²) in [5.41, 5.74) is 3.41. The van der Waals surface area contributed by atoms with Gasteiger partial charge in [0, 0.05) is 41.9 Å². The van der Waals surface area contributed by atoms with Gasteiger partial charge in [-0.25, -0.2) is 4.98 Å². The highest BCUT2D eigenvalue weighted by atomic mass is 16.5. The Kier molecular flexibility index (Phi) is 5.49. The van der Waals surface area contributed by atoms with E-state index in [1.807, 2.05) is 42.5 Å². The maximum atomic E-state index is 12.5. The van der Waals surface area contributed by atoms with E-state index in [0.29, 0.717) is 11.4 Å². The van der Waals surface area contributed by atoms with Gasteiger partial charge < -0.3 is 20.3 Å². The molecule has 2 N–H and O–H groups in total. The number of hydrogen-bond acceptors (Lipinski definition) is 5. The van der Waals surface area contributed by atoms with E-state index in [-0.39, 0.29) is 5.91 Å². The SMILES string of the molecule is O=C(Nc1ccccc1)c1ccnc(Nc2ccc(N3CCOCC3)cc2)c1. The second-order valence-electron chi connectivity index (χ2n) is 6.52. The number of morpholine rings is 1. The zero-order valence-electron chi connectivity index (χ0n) is 15.5.